The van der Waals surface area contributed by atoms with Crippen LogP contribution in [0.3, 0.4) is 0 Å². The van der Waals surface area contributed by atoms with Gasteiger partial charge in [0.15, 0.2) is 5.96 Å². The van der Waals surface area contributed by atoms with Crippen molar-refractivity contribution in [2.45, 2.75) is 46.1 Å². The zero-order chi connectivity index (χ0) is 17.7. The summed E-state index contributed by atoms with van der Waals surface area (Å²) in [5.41, 5.74) is 1.40. The topological polar surface area (TPSA) is 54.7 Å². The summed E-state index contributed by atoms with van der Waals surface area (Å²) in [6.07, 6.45) is 5.36. The second-order valence-corrected chi connectivity index (χ2v) is 7.66. The van der Waals surface area contributed by atoms with Gasteiger partial charge in [0.2, 0.25) is 0 Å². The Balaban J connectivity index is 2.03. The number of methoxy groups -OCH3 is 1. The van der Waals surface area contributed by atoms with Crippen LogP contribution in [0.1, 0.15) is 45.6 Å². The number of hydrogen-bond donors (Lipinski definition) is 1. The lowest BCUT2D eigenvalue weighted by Gasteiger charge is -2.29. The van der Waals surface area contributed by atoms with Crippen molar-refractivity contribution in [2.75, 3.05) is 33.3 Å². The quantitative estimate of drug-likeness (QED) is 0.662. The van der Waals surface area contributed by atoms with Gasteiger partial charge in [-0.05, 0) is 24.3 Å². The molecule has 2 rings (SSSR count). The highest BCUT2D eigenvalue weighted by Gasteiger charge is 2.28. The van der Waals surface area contributed by atoms with Crippen molar-refractivity contribution in [2.24, 2.45) is 17.5 Å². The average Bonchev–Trinajstić information content (AvgIpc) is 3.14. The Morgan fingerprint density at radius 1 is 1.50 bits per heavy atom. The van der Waals surface area contributed by atoms with Crippen molar-refractivity contribution in [1.29, 1.82) is 0 Å². The molecule has 1 aromatic rings. The SMILES string of the molecule is CCNC(=NCC(OC)C(C)(C)C)N1CCC(c2cnn(C)c2)C1. The van der Waals surface area contributed by atoms with Crippen LogP contribution in [0.4, 0.5) is 0 Å². The molecular weight excluding hydrogens is 302 g/mol. The Morgan fingerprint density at radius 3 is 2.79 bits per heavy atom. The number of nitrogens with one attached hydrogen (secondary N) is 1. The van der Waals surface area contributed by atoms with Gasteiger partial charge in [-0.1, -0.05) is 20.8 Å². The number of guanidine groups is 1. The van der Waals surface area contributed by atoms with E-state index in [-0.39, 0.29) is 11.5 Å². The molecule has 1 aliphatic heterocycles. The van der Waals surface area contributed by atoms with E-state index in [0.29, 0.717) is 12.5 Å². The number of aliphatic imine (C=N–C) groups is 1. The van der Waals surface area contributed by atoms with Gasteiger partial charge in [-0.15, -0.1) is 0 Å². The maximum Gasteiger partial charge on any atom is 0.194 e. The minimum atomic E-state index is 0.0822. The minimum Gasteiger partial charge on any atom is -0.379 e. The molecule has 136 valence electrons. The van der Waals surface area contributed by atoms with E-state index < -0.39 is 0 Å². The molecular formula is C18H33N5O. The lowest BCUT2D eigenvalue weighted by atomic mass is 9.89. The Kier molecular flexibility index (Phi) is 6.27. The zero-order valence-electron chi connectivity index (χ0n) is 16.0. The van der Waals surface area contributed by atoms with Gasteiger partial charge in [0.25, 0.3) is 0 Å². The Labute approximate surface area is 146 Å². The molecule has 1 fully saturated rings. The molecule has 1 N–H and O–H groups in total. The summed E-state index contributed by atoms with van der Waals surface area (Å²) < 4.78 is 7.51. The third kappa shape index (κ3) is 4.72. The van der Waals surface area contributed by atoms with E-state index in [1.807, 2.05) is 17.9 Å². The van der Waals surface area contributed by atoms with Crippen molar-refractivity contribution in [3.63, 3.8) is 0 Å². The fraction of sp³-hybridized carbons (Fsp3) is 0.778. The normalized spacial score (nSPS) is 20.5. The van der Waals surface area contributed by atoms with Gasteiger partial charge in [-0.3, -0.25) is 9.67 Å². The van der Waals surface area contributed by atoms with Gasteiger partial charge in [-0.25, -0.2) is 0 Å². The molecule has 2 atom stereocenters. The number of ether oxygens (including phenoxy) is 1. The molecule has 6 heteroatoms. The number of aromatic nitrogens is 2. The highest BCUT2D eigenvalue weighted by molar-refractivity contribution is 5.80. The first-order valence-electron chi connectivity index (χ1n) is 8.89. The number of likely N-dealkylation sites (tertiary alicyclic amines) is 1. The molecule has 2 heterocycles. The first-order valence-corrected chi connectivity index (χ1v) is 8.89. The van der Waals surface area contributed by atoms with Crippen molar-refractivity contribution in [3.05, 3.63) is 18.0 Å². The standard InChI is InChI=1S/C18H33N5O/c1-7-19-17(20-11-16(24-6)18(2,3)4)23-9-8-14(13-23)15-10-21-22(5)12-15/h10,12,14,16H,7-9,11,13H2,1-6H3,(H,19,20). The van der Waals surface area contributed by atoms with E-state index in [4.69, 9.17) is 9.73 Å². The van der Waals surface area contributed by atoms with Gasteiger partial charge in [0.05, 0.1) is 18.8 Å². The average molecular weight is 335 g/mol. The molecule has 24 heavy (non-hydrogen) atoms. The molecule has 0 radical (unpaired) electrons. The third-order valence-corrected chi connectivity index (χ3v) is 4.68. The summed E-state index contributed by atoms with van der Waals surface area (Å²) in [6, 6.07) is 0. The molecule has 0 aliphatic carbocycles. The van der Waals surface area contributed by atoms with Gasteiger partial charge in [-0.2, -0.15) is 5.10 Å². The van der Waals surface area contributed by atoms with Crippen LogP contribution in [0, 0.1) is 5.41 Å². The summed E-state index contributed by atoms with van der Waals surface area (Å²) >= 11 is 0. The highest BCUT2D eigenvalue weighted by atomic mass is 16.5. The van der Waals surface area contributed by atoms with Crippen molar-refractivity contribution in [3.8, 4) is 0 Å². The van der Waals surface area contributed by atoms with E-state index in [1.54, 1.807) is 7.11 Å². The molecule has 0 aromatic carbocycles. The van der Waals surface area contributed by atoms with Crippen LogP contribution in [0.15, 0.2) is 17.4 Å². The molecule has 1 aromatic heterocycles. The van der Waals surface area contributed by atoms with Gasteiger partial charge in [0, 0.05) is 45.9 Å². The minimum absolute atomic E-state index is 0.0822. The third-order valence-electron chi connectivity index (χ3n) is 4.68. The molecule has 0 spiro atoms. The lowest BCUT2D eigenvalue weighted by molar-refractivity contribution is 0.0240. The van der Waals surface area contributed by atoms with Crippen LogP contribution in [0.25, 0.3) is 0 Å². The first-order chi connectivity index (χ1) is 11.3. The molecule has 6 nitrogen and oxygen atoms in total. The van der Waals surface area contributed by atoms with E-state index in [0.717, 1.165) is 32.0 Å². The number of rotatable bonds is 5. The van der Waals surface area contributed by atoms with Crippen LogP contribution >= 0.6 is 0 Å². The maximum absolute atomic E-state index is 5.63. The molecule has 1 saturated heterocycles. The second-order valence-electron chi connectivity index (χ2n) is 7.66. The molecule has 1 aliphatic rings. The lowest BCUT2D eigenvalue weighted by Crippen LogP contribution is -2.41. The highest BCUT2D eigenvalue weighted by Crippen LogP contribution is 2.27. The summed E-state index contributed by atoms with van der Waals surface area (Å²) in [5, 5.41) is 7.73. The summed E-state index contributed by atoms with van der Waals surface area (Å²) in [5.74, 6) is 1.53. The van der Waals surface area contributed by atoms with Crippen molar-refractivity contribution >= 4 is 5.96 Å². The van der Waals surface area contributed by atoms with Gasteiger partial charge in [0.1, 0.15) is 0 Å². The van der Waals surface area contributed by atoms with Gasteiger partial charge >= 0.3 is 0 Å². The fourth-order valence-corrected chi connectivity index (χ4v) is 3.17. The molecule has 0 bridgehead atoms. The van der Waals surface area contributed by atoms with Crippen LogP contribution in [-0.4, -0.2) is 60.0 Å². The molecule has 0 amide bonds. The predicted octanol–water partition coefficient (Wildman–Crippen LogP) is 2.24. The largest absolute Gasteiger partial charge is 0.379 e. The van der Waals surface area contributed by atoms with Crippen LogP contribution < -0.4 is 5.32 Å². The van der Waals surface area contributed by atoms with Crippen molar-refractivity contribution < 1.29 is 4.74 Å². The van der Waals surface area contributed by atoms with Gasteiger partial charge < -0.3 is 15.0 Å². The molecule has 0 saturated carbocycles. The smallest absolute Gasteiger partial charge is 0.194 e. The number of aryl methyl sites for hydroxylation is 1. The predicted molar refractivity (Wildman–Crippen MR) is 98.4 cm³/mol. The Bertz CT molecular complexity index is 546. The van der Waals surface area contributed by atoms with E-state index in [9.17, 15) is 0 Å². The van der Waals surface area contributed by atoms with Crippen LogP contribution in [0.5, 0.6) is 0 Å². The summed E-state index contributed by atoms with van der Waals surface area (Å²) in [7, 11) is 3.74. The first kappa shape index (κ1) is 18.8. The second kappa shape index (κ2) is 8.01. The van der Waals surface area contributed by atoms with Crippen LogP contribution in [-0.2, 0) is 11.8 Å². The number of nitrogens with zero attached hydrogens (tertiary/aromatic N) is 4. The van der Waals surface area contributed by atoms with E-state index >= 15 is 0 Å². The summed E-state index contributed by atoms with van der Waals surface area (Å²) in [4.78, 5) is 7.21. The maximum atomic E-state index is 5.63. The van der Waals surface area contributed by atoms with E-state index in [1.165, 1.54) is 5.56 Å². The number of hydrogen-bond acceptors (Lipinski definition) is 3. The van der Waals surface area contributed by atoms with E-state index in [2.05, 4.69) is 49.2 Å². The fourth-order valence-electron chi connectivity index (χ4n) is 3.17. The van der Waals surface area contributed by atoms with Crippen LogP contribution in [0.2, 0.25) is 0 Å². The summed E-state index contributed by atoms with van der Waals surface area (Å²) in [6.45, 7) is 12.3. The molecule has 2 unspecified atom stereocenters. The Morgan fingerprint density at radius 2 is 2.25 bits per heavy atom. The zero-order valence-corrected chi connectivity index (χ0v) is 16.0. The van der Waals surface area contributed by atoms with Crippen molar-refractivity contribution in [1.82, 2.24) is 20.0 Å². The Hall–Kier alpha value is -1.56. The monoisotopic (exact) mass is 335 g/mol.